The van der Waals surface area contributed by atoms with E-state index in [1.807, 2.05) is 6.07 Å². The molecule has 19 heavy (non-hydrogen) atoms. The van der Waals surface area contributed by atoms with Crippen LogP contribution in [-0.4, -0.2) is 25.2 Å². The predicted octanol–water partition coefficient (Wildman–Crippen LogP) is 1.73. The smallest absolute Gasteiger partial charge is 0.215 e. The Kier molecular flexibility index (Phi) is 4.57. The topological polar surface area (TPSA) is 74.8 Å². The summed E-state index contributed by atoms with van der Waals surface area (Å²) in [5.74, 6) is -0.115. The Bertz CT molecular complexity index is 626. The summed E-state index contributed by atoms with van der Waals surface area (Å²) in [7, 11) is -3.38. The fraction of sp³-hybridized carbons (Fsp3) is 0.250. The van der Waals surface area contributed by atoms with Crippen LogP contribution in [0.3, 0.4) is 0 Å². The average Bonchev–Trinajstić information content (AvgIpc) is 2.85. The van der Waals surface area contributed by atoms with Crippen LogP contribution >= 0.6 is 11.6 Å². The minimum absolute atomic E-state index is 0.115. The van der Waals surface area contributed by atoms with Crippen LogP contribution in [0.1, 0.15) is 11.3 Å². The van der Waals surface area contributed by atoms with Gasteiger partial charge in [-0.05, 0) is 17.7 Å². The molecule has 0 spiro atoms. The molecule has 0 saturated carbocycles. The number of hydrogen-bond acceptors (Lipinski definition) is 3. The summed E-state index contributed by atoms with van der Waals surface area (Å²) in [5, 5.41) is 7.03. The van der Waals surface area contributed by atoms with Gasteiger partial charge in [-0.15, -0.1) is 0 Å². The molecule has 5 nitrogen and oxygen atoms in total. The lowest BCUT2D eigenvalue weighted by Crippen LogP contribution is -2.27. The quantitative estimate of drug-likeness (QED) is 0.853. The molecule has 0 radical (unpaired) electrons. The normalized spacial score (nSPS) is 11.6. The van der Waals surface area contributed by atoms with E-state index in [1.165, 1.54) is 0 Å². The second-order valence-corrected chi connectivity index (χ2v) is 6.29. The van der Waals surface area contributed by atoms with Crippen LogP contribution in [0.15, 0.2) is 36.5 Å². The largest absolute Gasteiger partial charge is 0.283 e. The number of rotatable bonds is 6. The molecule has 0 amide bonds. The van der Waals surface area contributed by atoms with Crippen molar-refractivity contribution in [2.24, 2.45) is 0 Å². The molecular formula is C12H14ClN3O2S. The molecule has 2 rings (SSSR count). The number of hydrogen-bond donors (Lipinski definition) is 2. The van der Waals surface area contributed by atoms with Crippen LogP contribution in [-0.2, 0) is 22.2 Å². The van der Waals surface area contributed by atoms with Gasteiger partial charge in [0.2, 0.25) is 10.0 Å². The maximum absolute atomic E-state index is 11.9. The number of H-pyrrole nitrogens is 1. The van der Waals surface area contributed by atoms with Crippen LogP contribution in [0, 0.1) is 0 Å². The number of aromatic amines is 1. The summed E-state index contributed by atoms with van der Waals surface area (Å²) in [6.07, 6.45) is 2.20. The van der Waals surface area contributed by atoms with Gasteiger partial charge in [0, 0.05) is 29.9 Å². The van der Waals surface area contributed by atoms with Gasteiger partial charge < -0.3 is 0 Å². The van der Waals surface area contributed by atoms with Gasteiger partial charge in [-0.3, -0.25) is 5.10 Å². The molecule has 0 bridgehead atoms. The number of nitrogens with zero attached hydrogens (tertiary/aromatic N) is 1. The van der Waals surface area contributed by atoms with Gasteiger partial charge >= 0.3 is 0 Å². The van der Waals surface area contributed by atoms with Crippen molar-refractivity contribution in [2.75, 3.05) is 6.54 Å². The molecular weight excluding hydrogens is 286 g/mol. The molecule has 0 aliphatic carbocycles. The molecule has 0 aliphatic rings. The zero-order valence-corrected chi connectivity index (χ0v) is 11.7. The Balaban J connectivity index is 1.90. The Morgan fingerprint density at radius 1 is 1.26 bits per heavy atom. The molecule has 0 saturated heterocycles. The van der Waals surface area contributed by atoms with Gasteiger partial charge in [-0.2, -0.15) is 5.10 Å². The molecule has 0 fully saturated rings. The highest BCUT2D eigenvalue weighted by Crippen LogP contribution is 2.17. The first-order valence-corrected chi connectivity index (χ1v) is 7.79. The van der Waals surface area contributed by atoms with Gasteiger partial charge in [-0.1, -0.05) is 29.8 Å². The Hall–Kier alpha value is -1.37. The van der Waals surface area contributed by atoms with E-state index in [-0.39, 0.29) is 5.75 Å². The van der Waals surface area contributed by atoms with E-state index in [9.17, 15) is 8.42 Å². The highest BCUT2D eigenvalue weighted by molar-refractivity contribution is 7.88. The van der Waals surface area contributed by atoms with E-state index in [4.69, 9.17) is 11.6 Å². The summed E-state index contributed by atoms with van der Waals surface area (Å²) in [5.41, 5.74) is 1.48. The lowest BCUT2D eigenvalue weighted by atomic mass is 10.2. The zero-order valence-electron chi connectivity index (χ0n) is 10.1. The molecule has 1 aromatic carbocycles. The molecule has 2 aromatic rings. The third kappa shape index (κ3) is 4.34. The van der Waals surface area contributed by atoms with E-state index >= 15 is 0 Å². The first kappa shape index (κ1) is 14.0. The van der Waals surface area contributed by atoms with Crippen LogP contribution in [0.5, 0.6) is 0 Å². The maximum Gasteiger partial charge on any atom is 0.215 e. The number of sulfonamides is 1. The zero-order chi connectivity index (χ0) is 13.7. The molecule has 7 heteroatoms. The summed E-state index contributed by atoms with van der Waals surface area (Å²) < 4.78 is 26.3. The van der Waals surface area contributed by atoms with Crippen molar-refractivity contribution in [1.82, 2.24) is 14.9 Å². The van der Waals surface area contributed by atoms with Crippen LogP contribution < -0.4 is 4.72 Å². The fourth-order valence-electron chi connectivity index (χ4n) is 1.64. The van der Waals surface area contributed by atoms with Crippen molar-refractivity contribution >= 4 is 21.6 Å². The molecule has 102 valence electrons. The highest BCUT2D eigenvalue weighted by atomic mass is 35.5. The number of benzene rings is 1. The first-order valence-electron chi connectivity index (χ1n) is 5.76. The standard InChI is InChI=1S/C12H14ClN3O2S/c13-12-4-2-1-3-10(12)9-19(17,18)15-8-6-11-5-7-14-16-11/h1-5,7,15H,6,8-9H2,(H,14,16). The van der Waals surface area contributed by atoms with Crippen molar-refractivity contribution in [3.63, 3.8) is 0 Å². The third-order valence-corrected chi connectivity index (χ3v) is 4.28. The van der Waals surface area contributed by atoms with E-state index < -0.39 is 10.0 Å². The fourth-order valence-corrected chi connectivity index (χ4v) is 3.09. The second-order valence-electron chi connectivity index (χ2n) is 4.08. The molecule has 0 atom stereocenters. The molecule has 0 aliphatic heterocycles. The monoisotopic (exact) mass is 299 g/mol. The molecule has 0 unspecified atom stereocenters. The van der Waals surface area contributed by atoms with Gasteiger partial charge in [0.25, 0.3) is 0 Å². The van der Waals surface area contributed by atoms with Gasteiger partial charge in [0.05, 0.1) is 5.75 Å². The van der Waals surface area contributed by atoms with E-state index in [2.05, 4.69) is 14.9 Å². The highest BCUT2D eigenvalue weighted by Gasteiger charge is 2.13. The Labute approximate surface area is 117 Å². The van der Waals surface area contributed by atoms with E-state index in [1.54, 1.807) is 30.5 Å². The average molecular weight is 300 g/mol. The number of halogens is 1. The van der Waals surface area contributed by atoms with Gasteiger partial charge in [0.1, 0.15) is 0 Å². The van der Waals surface area contributed by atoms with Crippen LogP contribution in [0.2, 0.25) is 5.02 Å². The lowest BCUT2D eigenvalue weighted by molar-refractivity contribution is 0.580. The summed E-state index contributed by atoms with van der Waals surface area (Å²) >= 11 is 5.94. The minimum atomic E-state index is -3.38. The Morgan fingerprint density at radius 3 is 2.74 bits per heavy atom. The third-order valence-electron chi connectivity index (χ3n) is 2.58. The van der Waals surface area contributed by atoms with Crippen molar-refractivity contribution in [2.45, 2.75) is 12.2 Å². The summed E-state index contributed by atoms with van der Waals surface area (Å²) in [4.78, 5) is 0. The second kappa shape index (κ2) is 6.18. The maximum atomic E-state index is 11.9. The summed E-state index contributed by atoms with van der Waals surface area (Å²) in [6.45, 7) is 0.328. The van der Waals surface area contributed by atoms with Crippen molar-refractivity contribution in [3.05, 3.63) is 52.8 Å². The minimum Gasteiger partial charge on any atom is -0.283 e. The SMILES string of the molecule is O=S(=O)(Cc1ccccc1Cl)NCCc1ccn[nH]1. The lowest BCUT2D eigenvalue weighted by Gasteiger charge is -2.07. The van der Waals surface area contributed by atoms with Crippen molar-refractivity contribution < 1.29 is 8.42 Å². The van der Waals surface area contributed by atoms with Crippen LogP contribution in [0.25, 0.3) is 0 Å². The van der Waals surface area contributed by atoms with E-state index in [0.717, 1.165) is 5.69 Å². The first-order chi connectivity index (χ1) is 9.07. The van der Waals surface area contributed by atoms with Crippen molar-refractivity contribution in [1.29, 1.82) is 0 Å². The number of nitrogens with one attached hydrogen (secondary N) is 2. The van der Waals surface area contributed by atoms with Crippen molar-refractivity contribution in [3.8, 4) is 0 Å². The van der Waals surface area contributed by atoms with Gasteiger partial charge in [0.15, 0.2) is 0 Å². The molecule has 2 N–H and O–H groups in total. The van der Waals surface area contributed by atoms with Gasteiger partial charge in [-0.25, -0.2) is 13.1 Å². The predicted molar refractivity (Wildman–Crippen MR) is 74.4 cm³/mol. The molecule has 1 aromatic heterocycles. The Morgan fingerprint density at radius 2 is 2.05 bits per heavy atom. The number of aromatic nitrogens is 2. The van der Waals surface area contributed by atoms with Crippen LogP contribution in [0.4, 0.5) is 0 Å². The summed E-state index contributed by atoms with van der Waals surface area (Å²) in [6, 6.07) is 8.72. The van der Waals surface area contributed by atoms with E-state index in [0.29, 0.717) is 23.6 Å². The molecule has 1 heterocycles.